The highest BCUT2D eigenvalue weighted by atomic mass is 16.2. The van der Waals surface area contributed by atoms with E-state index in [0.717, 1.165) is 12.8 Å². The van der Waals surface area contributed by atoms with Crippen LogP contribution in [-0.2, 0) is 9.59 Å². The van der Waals surface area contributed by atoms with Gasteiger partial charge in [0.05, 0.1) is 0 Å². The van der Waals surface area contributed by atoms with E-state index in [2.05, 4.69) is 17.6 Å². The van der Waals surface area contributed by atoms with E-state index < -0.39 is 0 Å². The molecule has 0 aromatic heterocycles. The zero-order valence-electron chi connectivity index (χ0n) is 11.1. The van der Waals surface area contributed by atoms with Crippen molar-refractivity contribution in [3.05, 3.63) is 24.3 Å². The van der Waals surface area contributed by atoms with E-state index in [1.165, 1.54) is 6.92 Å². The smallest absolute Gasteiger partial charge is 0.227 e. The van der Waals surface area contributed by atoms with Gasteiger partial charge in [0.25, 0.3) is 0 Å². The molecule has 0 aliphatic heterocycles. The minimum atomic E-state index is -0.127. The van der Waals surface area contributed by atoms with Crippen molar-refractivity contribution in [2.24, 2.45) is 5.92 Å². The molecule has 1 aromatic rings. The van der Waals surface area contributed by atoms with E-state index in [-0.39, 0.29) is 17.7 Å². The van der Waals surface area contributed by atoms with Gasteiger partial charge in [-0.3, -0.25) is 9.59 Å². The fourth-order valence-electron chi connectivity index (χ4n) is 1.71. The summed E-state index contributed by atoms with van der Waals surface area (Å²) >= 11 is 0. The van der Waals surface area contributed by atoms with Crippen LogP contribution >= 0.6 is 0 Å². The van der Waals surface area contributed by atoms with Crippen LogP contribution < -0.4 is 10.6 Å². The Morgan fingerprint density at radius 2 is 1.83 bits per heavy atom. The summed E-state index contributed by atoms with van der Waals surface area (Å²) in [6.45, 7) is 5.42. The van der Waals surface area contributed by atoms with Crippen molar-refractivity contribution >= 4 is 23.2 Å². The van der Waals surface area contributed by atoms with E-state index >= 15 is 0 Å². The second-order valence-corrected chi connectivity index (χ2v) is 4.44. The van der Waals surface area contributed by atoms with Crippen LogP contribution in [-0.4, -0.2) is 11.8 Å². The van der Waals surface area contributed by atoms with Crippen LogP contribution in [0, 0.1) is 5.92 Å². The first-order chi connectivity index (χ1) is 8.52. The SMILES string of the molecule is CCC[C@@H](C)C(=O)Nc1cccc(NC(C)=O)c1. The quantitative estimate of drug-likeness (QED) is 0.841. The zero-order valence-corrected chi connectivity index (χ0v) is 11.1. The predicted molar refractivity (Wildman–Crippen MR) is 73.4 cm³/mol. The molecular formula is C14H20N2O2. The zero-order chi connectivity index (χ0) is 13.5. The summed E-state index contributed by atoms with van der Waals surface area (Å²) in [7, 11) is 0. The molecule has 4 nitrogen and oxygen atoms in total. The van der Waals surface area contributed by atoms with Crippen molar-refractivity contribution in [2.45, 2.75) is 33.6 Å². The van der Waals surface area contributed by atoms with Gasteiger partial charge in [0.1, 0.15) is 0 Å². The molecule has 1 atom stereocenters. The molecule has 0 aliphatic carbocycles. The average molecular weight is 248 g/mol. The Hall–Kier alpha value is -1.84. The van der Waals surface area contributed by atoms with Gasteiger partial charge in [-0.05, 0) is 24.6 Å². The summed E-state index contributed by atoms with van der Waals surface area (Å²) in [5, 5.41) is 5.53. The second kappa shape index (κ2) is 6.79. The van der Waals surface area contributed by atoms with Crippen LogP contribution in [0.3, 0.4) is 0 Å². The molecule has 0 saturated heterocycles. The van der Waals surface area contributed by atoms with Gasteiger partial charge in [-0.25, -0.2) is 0 Å². The maximum Gasteiger partial charge on any atom is 0.227 e. The van der Waals surface area contributed by atoms with Crippen molar-refractivity contribution in [2.75, 3.05) is 10.6 Å². The van der Waals surface area contributed by atoms with E-state index in [0.29, 0.717) is 11.4 Å². The molecule has 0 saturated carbocycles. The van der Waals surface area contributed by atoms with Crippen LogP contribution in [0.1, 0.15) is 33.6 Å². The van der Waals surface area contributed by atoms with E-state index in [9.17, 15) is 9.59 Å². The third-order valence-corrected chi connectivity index (χ3v) is 2.62. The Bertz CT molecular complexity index is 430. The molecule has 1 rings (SSSR count). The van der Waals surface area contributed by atoms with E-state index in [4.69, 9.17) is 0 Å². The third-order valence-electron chi connectivity index (χ3n) is 2.62. The van der Waals surface area contributed by atoms with Gasteiger partial charge in [-0.1, -0.05) is 26.3 Å². The van der Waals surface area contributed by atoms with Crippen molar-refractivity contribution < 1.29 is 9.59 Å². The Morgan fingerprint density at radius 3 is 2.39 bits per heavy atom. The summed E-state index contributed by atoms with van der Waals surface area (Å²) in [5.41, 5.74) is 1.39. The maximum atomic E-state index is 11.8. The second-order valence-electron chi connectivity index (χ2n) is 4.44. The molecule has 0 unspecified atom stereocenters. The first-order valence-electron chi connectivity index (χ1n) is 6.21. The highest BCUT2D eigenvalue weighted by molar-refractivity contribution is 5.94. The predicted octanol–water partition coefficient (Wildman–Crippen LogP) is 3.02. The minimum Gasteiger partial charge on any atom is -0.326 e. The Kier molecular flexibility index (Phi) is 5.36. The normalized spacial score (nSPS) is 11.7. The molecule has 4 heteroatoms. The topological polar surface area (TPSA) is 58.2 Å². The van der Waals surface area contributed by atoms with Crippen LogP contribution in [0.15, 0.2) is 24.3 Å². The monoisotopic (exact) mass is 248 g/mol. The van der Waals surface area contributed by atoms with Crippen LogP contribution in [0.5, 0.6) is 0 Å². The maximum absolute atomic E-state index is 11.8. The molecule has 18 heavy (non-hydrogen) atoms. The fraction of sp³-hybridized carbons (Fsp3) is 0.429. The van der Waals surface area contributed by atoms with Gasteiger partial charge in [0, 0.05) is 24.2 Å². The molecule has 0 aliphatic rings. The van der Waals surface area contributed by atoms with Crippen LogP contribution in [0.2, 0.25) is 0 Å². The molecule has 0 radical (unpaired) electrons. The Morgan fingerprint density at radius 1 is 1.22 bits per heavy atom. The Balaban J connectivity index is 2.67. The number of amides is 2. The molecule has 98 valence electrons. The highest BCUT2D eigenvalue weighted by Crippen LogP contribution is 2.16. The van der Waals surface area contributed by atoms with Gasteiger partial charge in [-0.15, -0.1) is 0 Å². The summed E-state index contributed by atoms with van der Waals surface area (Å²) in [6.07, 6.45) is 1.86. The largest absolute Gasteiger partial charge is 0.326 e. The lowest BCUT2D eigenvalue weighted by atomic mass is 10.1. The van der Waals surface area contributed by atoms with E-state index in [1.54, 1.807) is 18.2 Å². The number of benzene rings is 1. The van der Waals surface area contributed by atoms with Crippen molar-refractivity contribution in [1.29, 1.82) is 0 Å². The molecule has 0 heterocycles. The van der Waals surface area contributed by atoms with Gasteiger partial charge in [0.15, 0.2) is 0 Å². The van der Waals surface area contributed by atoms with Gasteiger partial charge in [-0.2, -0.15) is 0 Å². The average Bonchev–Trinajstić information content (AvgIpc) is 2.28. The first-order valence-corrected chi connectivity index (χ1v) is 6.21. The number of anilines is 2. The lowest BCUT2D eigenvalue weighted by molar-refractivity contribution is -0.119. The standard InChI is InChI=1S/C14H20N2O2/c1-4-6-10(2)14(18)16-13-8-5-7-12(9-13)15-11(3)17/h5,7-10H,4,6H2,1-3H3,(H,15,17)(H,16,18)/t10-/m1/s1. The molecule has 2 amide bonds. The first kappa shape index (κ1) is 14.2. The number of rotatable bonds is 5. The number of hydrogen-bond donors (Lipinski definition) is 2. The highest BCUT2D eigenvalue weighted by Gasteiger charge is 2.11. The fourth-order valence-corrected chi connectivity index (χ4v) is 1.71. The summed E-state index contributed by atoms with van der Waals surface area (Å²) in [5.74, 6) is -0.117. The van der Waals surface area contributed by atoms with Crippen molar-refractivity contribution in [3.63, 3.8) is 0 Å². The summed E-state index contributed by atoms with van der Waals surface area (Å²) in [4.78, 5) is 22.8. The molecule has 2 N–H and O–H groups in total. The molecular weight excluding hydrogens is 228 g/mol. The molecule has 0 bridgehead atoms. The lowest BCUT2D eigenvalue weighted by Crippen LogP contribution is -2.20. The lowest BCUT2D eigenvalue weighted by Gasteiger charge is -2.12. The number of hydrogen-bond acceptors (Lipinski definition) is 2. The van der Waals surface area contributed by atoms with Crippen molar-refractivity contribution in [3.8, 4) is 0 Å². The van der Waals surface area contributed by atoms with Gasteiger partial charge >= 0.3 is 0 Å². The molecule has 0 fully saturated rings. The van der Waals surface area contributed by atoms with Crippen LogP contribution in [0.4, 0.5) is 11.4 Å². The molecule has 1 aromatic carbocycles. The minimum absolute atomic E-state index is 0.000535. The third kappa shape index (κ3) is 4.57. The number of carbonyl (C=O) groups excluding carboxylic acids is 2. The van der Waals surface area contributed by atoms with Gasteiger partial charge < -0.3 is 10.6 Å². The molecule has 0 spiro atoms. The summed E-state index contributed by atoms with van der Waals surface area (Å²) in [6, 6.07) is 7.14. The number of nitrogens with one attached hydrogen (secondary N) is 2. The number of carbonyl (C=O) groups is 2. The summed E-state index contributed by atoms with van der Waals surface area (Å²) < 4.78 is 0. The van der Waals surface area contributed by atoms with Gasteiger partial charge in [0.2, 0.25) is 11.8 Å². The van der Waals surface area contributed by atoms with Crippen LogP contribution in [0.25, 0.3) is 0 Å². The van der Waals surface area contributed by atoms with Crippen molar-refractivity contribution in [1.82, 2.24) is 0 Å². The Labute approximate surface area is 108 Å². The van der Waals surface area contributed by atoms with E-state index in [1.807, 2.05) is 13.0 Å².